The Balaban J connectivity index is 0.00000182. The van der Waals surface area contributed by atoms with Gasteiger partial charge in [-0.3, -0.25) is 0 Å². The molecule has 0 bridgehead atoms. The molecule has 0 aliphatic heterocycles. The molecule has 0 saturated carbocycles. The lowest BCUT2D eigenvalue weighted by molar-refractivity contribution is -0.686. The first kappa shape index (κ1) is 17.6. The van der Waals surface area contributed by atoms with Crippen LogP contribution in [0, 0.1) is 6.92 Å². The van der Waals surface area contributed by atoms with E-state index >= 15 is 0 Å². The minimum atomic E-state index is 0. The maximum Gasteiger partial charge on any atom is 0.245 e. The highest BCUT2D eigenvalue weighted by atomic mass is 79.9. The molecular formula is C20H18BrN3S. The maximum atomic E-state index is 4.83. The van der Waals surface area contributed by atoms with Crippen LogP contribution in [0.4, 0.5) is 5.13 Å². The van der Waals surface area contributed by atoms with Crippen LogP contribution >= 0.6 is 11.3 Å². The first-order valence-electron chi connectivity index (χ1n) is 7.95. The van der Waals surface area contributed by atoms with E-state index in [0.717, 1.165) is 17.2 Å². The second kappa shape index (κ2) is 7.76. The van der Waals surface area contributed by atoms with E-state index in [1.807, 2.05) is 24.3 Å². The molecule has 0 saturated heterocycles. The van der Waals surface area contributed by atoms with Gasteiger partial charge in [0.2, 0.25) is 5.13 Å². The van der Waals surface area contributed by atoms with Crippen LogP contribution in [0.5, 0.6) is 0 Å². The molecule has 4 rings (SSSR count). The van der Waals surface area contributed by atoms with Gasteiger partial charge in [0, 0.05) is 12.1 Å². The standard InChI is InChI=1S/C20H18N3S.BrH/c1-16-9-11-17(12-10-16)15-23(22-13-5-2-6-14-22)20-21-18-7-3-4-8-19(18)24-20;/h2-14H,15H2,1H3;1H/q+1;/p-1. The van der Waals surface area contributed by atoms with Crippen LogP contribution in [-0.4, -0.2) is 4.98 Å². The number of pyridine rings is 1. The summed E-state index contributed by atoms with van der Waals surface area (Å²) >= 11 is 1.72. The zero-order valence-electron chi connectivity index (χ0n) is 13.8. The van der Waals surface area contributed by atoms with Crippen molar-refractivity contribution in [2.75, 3.05) is 5.01 Å². The van der Waals surface area contributed by atoms with Gasteiger partial charge in [-0.1, -0.05) is 64.0 Å². The molecule has 0 fully saturated rings. The molecule has 0 atom stereocenters. The summed E-state index contributed by atoms with van der Waals surface area (Å²) in [4.78, 5) is 4.83. The molecule has 3 nitrogen and oxygen atoms in total. The highest BCUT2D eigenvalue weighted by Crippen LogP contribution is 2.28. The minimum absolute atomic E-state index is 0. The number of rotatable bonds is 4. The average Bonchev–Trinajstić information content (AvgIpc) is 3.06. The molecule has 0 radical (unpaired) electrons. The van der Waals surface area contributed by atoms with Gasteiger partial charge in [-0.2, -0.15) is 0 Å². The number of anilines is 1. The monoisotopic (exact) mass is 411 g/mol. The van der Waals surface area contributed by atoms with E-state index in [2.05, 4.69) is 71.5 Å². The van der Waals surface area contributed by atoms with Gasteiger partial charge in [0.1, 0.15) is 6.54 Å². The van der Waals surface area contributed by atoms with Crippen molar-refractivity contribution in [3.8, 4) is 0 Å². The topological polar surface area (TPSA) is 20.0 Å². The summed E-state index contributed by atoms with van der Waals surface area (Å²) in [5.74, 6) is 0. The van der Waals surface area contributed by atoms with Crippen LogP contribution in [0.1, 0.15) is 11.1 Å². The molecule has 5 heteroatoms. The third kappa shape index (κ3) is 3.89. The third-order valence-electron chi connectivity index (χ3n) is 3.93. The number of halogens is 1. The lowest BCUT2D eigenvalue weighted by Crippen LogP contribution is -3.00. The highest BCUT2D eigenvalue weighted by molar-refractivity contribution is 7.22. The number of aryl methyl sites for hydroxylation is 1. The Bertz CT molecular complexity index is 919. The van der Waals surface area contributed by atoms with Crippen molar-refractivity contribution in [1.29, 1.82) is 0 Å². The van der Waals surface area contributed by atoms with Crippen molar-refractivity contribution in [3.63, 3.8) is 0 Å². The Hall–Kier alpha value is -2.24. The Morgan fingerprint density at radius 3 is 2.36 bits per heavy atom. The van der Waals surface area contributed by atoms with Gasteiger partial charge >= 0.3 is 0 Å². The van der Waals surface area contributed by atoms with Gasteiger partial charge in [-0.05, 0) is 24.6 Å². The van der Waals surface area contributed by atoms with Gasteiger partial charge in [-0.25, -0.2) is 4.98 Å². The fraction of sp³-hybridized carbons (Fsp3) is 0.100. The summed E-state index contributed by atoms with van der Waals surface area (Å²) in [6, 6.07) is 23.0. The van der Waals surface area contributed by atoms with Crippen LogP contribution in [-0.2, 0) is 6.54 Å². The van der Waals surface area contributed by atoms with Crippen LogP contribution in [0.3, 0.4) is 0 Å². The van der Waals surface area contributed by atoms with Gasteiger partial charge in [0.05, 0.1) is 10.2 Å². The molecule has 0 unspecified atom stereocenters. The number of aromatic nitrogens is 2. The normalized spacial score (nSPS) is 10.4. The number of nitrogens with zero attached hydrogens (tertiary/aromatic N) is 3. The maximum absolute atomic E-state index is 4.83. The zero-order valence-corrected chi connectivity index (χ0v) is 16.2. The molecule has 2 aromatic carbocycles. The number of thiazole rings is 1. The predicted octanol–water partition coefficient (Wildman–Crippen LogP) is 1.37. The molecule has 0 aliphatic carbocycles. The molecule has 0 N–H and O–H groups in total. The number of hydrogen-bond acceptors (Lipinski definition) is 3. The smallest absolute Gasteiger partial charge is 0.245 e. The molecule has 0 amide bonds. The van der Waals surface area contributed by atoms with Gasteiger partial charge in [0.25, 0.3) is 0 Å². The van der Waals surface area contributed by atoms with Gasteiger partial charge < -0.3 is 17.0 Å². The fourth-order valence-corrected chi connectivity index (χ4v) is 3.61. The predicted molar refractivity (Wildman–Crippen MR) is 99.0 cm³/mol. The molecule has 126 valence electrons. The number of fused-ring (bicyclic) bond motifs is 1. The van der Waals surface area contributed by atoms with Gasteiger partial charge in [-0.15, -0.1) is 5.01 Å². The quantitative estimate of drug-likeness (QED) is 0.472. The lowest BCUT2D eigenvalue weighted by atomic mass is 10.1. The fourth-order valence-electron chi connectivity index (χ4n) is 2.64. The highest BCUT2D eigenvalue weighted by Gasteiger charge is 2.20. The van der Waals surface area contributed by atoms with E-state index in [1.54, 1.807) is 11.3 Å². The van der Waals surface area contributed by atoms with Crippen LogP contribution in [0.2, 0.25) is 0 Å². The molecule has 2 heterocycles. The zero-order chi connectivity index (χ0) is 16.4. The number of benzene rings is 2. The van der Waals surface area contributed by atoms with E-state index in [4.69, 9.17) is 4.98 Å². The van der Waals surface area contributed by atoms with Crippen LogP contribution < -0.4 is 26.7 Å². The second-order valence-electron chi connectivity index (χ2n) is 5.76. The van der Waals surface area contributed by atoms with E-state index in [1.165, 1.54) is 15.8 Å². The summed E-state index contributed by atoms with van der Waals surface area (Å²) in [6.07, 6.45) is 4.11. The lowest BCUT2D eigenvalue weighted by Gasteiger charge is -2.14. The summed E-state index contributed by atoms with van der Waals surface area (Å²) in [7, 11) is 0. The van der Waals surface area contributed by atoms with Crippen molar-refractivity contribution in [2.24, 2.45) is 0 Å². The summed E-state index contributed by atoms with van der Waals surface area (Å²) in [6.45, 7) is 2.88. The molecule has 0 spiro atoms. The summed E-state index contributed by atoms with van der Waals surface area (Å²) in [5, 5.41) is 3.20. The van der Waals surface area contributed by atoms with Gasteiger partial charge in [0.15, 0.2) is 12.4 Å². The van der Waals surface area contributed by atoms with E-state index < -0.39 is 0 Å². The Morgan fingerprint density at radius 1 is 0.920 bits per heavy atom. The summed E-state index contributed by atoms with van der Waals surface area (Å²) in [5.41, 5.74) is 3.58. The largest absolute Gasteiger partial charge is 1.00 e. The SMILES string of the molecule is Cc1ccc(CN(c2nc3ccccc3s2)[n+]2ccccc2)cc1.[Br-]. The molecule has 2 aromatic heterocycles. The molecular weight excluding hydrogens is 394 g/mol. The molecule has 0 aliphatic rings. The third-order valence-corrected chi connectivity index (χ3v) is 4.98. The van der Waals surface area contributed by atoms with Crippen molar-refractivity contribution in [2.45, 2.75) is 13.5 Å². The van der Waals surface area contributed by atoms with E-state index in [9.17, 15) is 0 Å². The van der Waals surface area contributed by atoms with Crippen molar-refractivity contribution in [3.05, 3.63) is 90.3 Å². The molecule has 4 aromatic rings. The van der Waals surface area contributed by atoms with Crippen LogP contribution in [0.15, 0.2) is 79.1 Å². The van der Waals surface area contributed by atoms with Crippen molar-refractivity contribution < 1.29 is 21.7 Å². The Morgan fingerprint density at radius 2 is 1.64 bits per heavy atom. The van der Waals surface area contributed by atoms with Crippen LogP contribution in [0.25, 0.3) is 10.2 Å². The Labute approximate surface area is 161 Å². The van der Waals surface area contributed by atoms with E-state index in [-0.39, 0.29) is 17.0 Å². The summed E-state index contributed by atoms with van der Waals surface area (Å²) < 4.78 is 3.30. The molecule has 25 heavy (non-hydrogen) atoms. The minimum Gasteiger partial charge on any atom is -1.00 e. The van der Waals surface area contributed by atoms with Crippen molar-refractivity contribution in [1.82, 2.24) is 4.98 Å². The first-order valence-corrected chi connectivity index (χ1v) is 8.76. The van der Waals surface area contributed by atoms with Crippen molar-refractivity contribution >= 4 is 26.7 Å². The second-order valence-corrected chi connectivity index (χ2v) is 6.77. The number of hydrogen-bond donors (Lipinski definition) is 0. The first-order chi connectivity index (χ1) is 11.8. The number of para-hydroxylation sites is 1. The Kier molecular flexibility index (Phi) is 5.46. The van der Waals surface area contributed by atoms with E-state index in [0.29, 0.717) is 0 Å². The average molecular weight is 412 g/mol.